The van der Waals surface area contributed by atoms with Gasteiger partial charge < -0.3 is 9.64 Å². The van der Waals surface area contributed by atoms with Gasteiger partial charge in [0.1, 0.15) is 6.61 Å². The summed E-state index contributed by atoms with van der Waals surface area (Å²) in [5.41, 5.74) is 1.04. The molecule has 2 rings (SSSR count). The number of rotatable bonds is 3. The van der Waals surface area contributed by atoms with Crippen molar-refractivity contribution in [1.82, 2.24) is 4.90 Å². The molecule has 1 heterocycles. The highest BCUT2D eigenvalue weighted by atomic mass is 16.6. The van der Waals surface area contributed by atoms with Crippen LogP contribution in [0, 0.1) is 11.8 Å². The fraction of sp³-hybridized carbons (Fsp3) is 0.611. The van der Waals surface area contributed by atoms with Crippen LogP contribution in [0.3, 0.4) is 0 Å². The van der Waals surface area contributed by atoms with E-state index in [1.54, 1.807) is 0 Å². The van der Waals surface area contributed by atoms with Gasteiger partial charge in [0, 0.05) is 13.1 Å². The third-order valence-electron chi connectivity index (χ3n) is 3.86. The quantitative estimate of drug-likeness (QED) is 0.806. The molecule has 0 radical (unpaired) electrons. The highest BCUT2D eigenvalue weighted by molar-refractivity contribution is 5.67. The molecule has 1 aliphatic heterocycles. The molecule has 118 valence electrons. The molecule has 1 saturated heterocycles. The number of carbonyl (C=O) groups is 1. The molecule has 0 spiro atoms. The molecule has 1 aliphatic rings. The maximum atomic E-state index is 12.0. The van der Waals surface area contributed by atoms with Crippen molar-refractivity contribution in [1.29, 1.82) is 0 Å². The maximum Gasteiger partial charge on any atom is 0.410 e. The van der Waals surface area contributed by atoms with E-state index in [1.807, 2.05) is 49.1 Å². The highest BCUT2D eigenvalue weighted by Crippen LogP contribution is 2.23. The summed E-state index contributed by atoms with van der Waals surface area (Å²) in [6.45, 7) is 10.5. The lowest BCUT2D eigenvalue weighted by Crippen LogP contribution is -2.41. The summed E-state index contributed by atoms with van der Waals surface area (Å²) in [4.78, 5) is 13.9. The Kier molecular flexibility index (Phi) is 7.88. The zero-order valence-electron chi connectivity index (χ0n) is 13.8. The molecule has 0 aliphatic carbocycles. The Morgan fingerprint density at radius 1 is 1.29 bits per heavy atom. The molecule has 1 unspecified atom stereocenters. The summed E-state index contributed by atoms with van der Waals surface area (Å²) in [6.07, 6.45) is 2.14. The van der Waals surface area contributed by atoms with Crippen molar-refractivity contribution in [3.63, 3.8) is 0 Å². The van der Waals surface area contributed by atoms with Crippen molar-refractivity contribution in [2.45, 2.75) is 47.1 Å². The number of ether oxygens (including phenoxy) is 1. The standard InChI is InChI=1S/C16H23NO2.C2H6/c1-13(2)15-9-6-10-17(11-15)16(18)19-12-14-7-4-3-5-8-14;1-2/h3-5,7-8,13,15H,6,9-12H2,1-2H3;1-2H3. The number of benzene rings is 1. The maximum absolute atomic E-state index is 12.0. The molecule has 1 atom stereocenters. The lowest BCUT2D eigenvalue weighted by Gasteiger charge is -2.34. The van der Waals surface area contributed by atoms with E-state index in [-0.39, 0.29) is 6.09 Å². The predicted octanol–water partition coefficient (Wildman–Crippen LogP) is 4.72. The fourth-order valence-corrected chi connectivity index (χ4v) is 2.53. The topological polar surface area (TPSA) is 29.5 Å². The van der Waals surface area contributed by atoms with Crippen LogP contribution < -0.4 is 0 Å². The second-order valence-corrected chi connectivity index (χ2v) is 5.63. The molecule has 0 saturated carbocycles. The van der Waals surface area contributed by atoms with E-state index >= 15 is 0 Å². The van der Waals surface area contributed by atoms with Crippen LogP contribution >= 0.6 is 0 Å². The fourth-order valence-electron chi connectivity index (χ4n) is 2.53. The first-order valence-electron chi connectivity index (χ1n) is 8.12. The van der Waals surface area contributed by atoms with Gasteiger partial charge in [-0.1, -0.05) is 58.0 Å². The zero-order valence-corrected chi connectivity index (χ0v) is 13.8. The molecule has 0 aromatic heterocycles. The third kappa shape index (κ3) is 5.78. The monoisotopic (exact) mass is 291 g/mol. The van der Waals surface area contributed by atoms with E-state index in [9.17, 15) is 4.79 Å². The average molecular weight is 291 g/mol. The molecular weight excluding hydrogens is 262 g/mol. The van der Waals surface area contributed by atoms with Gasteiger partial charge in [-0.2, -0.15) is 0 Å². The smallest absolute Gasteiger partial charge is 0.410 e. The van der Waals surface area contributed by atoms with Gasteiger partial charge in [0.25, 0.3) is 0 Å². The van der Waals surface area contributed by atoms with Crippen LogP contribution in [0.15, 0.2) is 30.3 Å². The van der Waals surface area contributed by atoms with Crippen LogP contribution in [0.2, 0.25) is 0 Å². The van der Waals surface area contributed by atoms with Gasteiger partial charge in [-0.05, 0) is 30.2 Å². The van der Waals surface area contributed by atoms with Gasteiger partial charge in [-0.3, -0.25) is 0 Å². The van der Waals surface area contributed by atoms with Crippen molar-refractivity contribution < 1.29 is 9.53 Å². The van der Waals surface area contributed by atoms with Crippen LogP contribution in [0.5, 0.6) is 0 Å². The molecular formula is C18H29NO2. The van der Waals surface area contributed by atoms with Gasteiger partial charge in [-0.25, -0.2) is 4.79 Å². The van der Waals surface area contributed by atoms with Crippen molar-refractivity contribution in [2.75, 3.05) is 13.1 Å². The lowest BCUT2D eigenvalue weighted by molar-refractivity contribution is 0.0728. The summed E-state index contributed by atoms with van der Waals surface area (Å²) in [7, 11) is 0. The van der Waals surface area contributed by atoms with Crippen molar-refractivity contribution in [3.05, 3.63) is 35.9 Å². The first-order valence-corrected chi connectivity index (χ1v) is 8.12. The van der Waals surface area contributed by atoms with E-state index in [4.69, 9.17) is 4.74 Å². The van der Waals surface area contributed by atoms with Crippen LogP contribution in [-0.4, -0.2) is 24.1 Å². The number of carbonyl (C=O) groups excluding carboxylic acids is 1. The Balaban J connectivity index is 0.00000106. The molecule has 0 bridgehead atoms. The Morgan fingerprint density at radius 3 is 2.57 bits per heavy atom. The van der Waals surface area contributed by atoms with Crippen LogP contribution in [-0.2, 0) is 11.3 Å². The van der Waals surface area contributed by atoms with E-state index in [0.29, 0.717) is 18.4 Å². The minimum absolute atomic E-state index is 0.172. The third-order valence-corrected chi connectivity index (χ3v) is 3.86. The minimum atomic E-state index is -0.172. The molecule has 1 fully saturated rings. The summed E-state index contributed by atoms with van der Waals surface area (Å²) >= 11 is 0. The molecule has 3 heteroatoms. The Morgan fingerprint density at radius 2 is 1.95 bits per heavy atom. The molecule has 3 nitrogen and oxygen atoms in total. The van der Waals surface area contributed by atoms with Gasteiger partial charge in [-0.15, -0.1) is 0 Å². The molecule has 1 amide bonds. The summed E-state index contributed by atoms with van der Waals surface area (Å²) in [6, 6.07) is 9.82. The normalized spacial score (nSPS) is 18.0. The highest BCUT2D eigenvalue weighted by Gasteiger charge is 2.26. The first-order chi connectivity index (χ1) is 10.2. The summed E-state index contributed by atoms with van der Waals surface area (Å²) in [5, 5.41) is 0. The number of hydrogen-bond acceptors (Lipinski definition) is 2. The summed E-state index contributed by atoms with van der Waals surface area (Å²) < 4.78 is 5.38. The van der Waals surface area contributed by atoms with Crippen LogP contribution in [0.1, 0.15) is 46.1 Å². The van der Waals surface area contributed by atoms with Gasteiger partial charge >= 0.3 is 6.09 Å². The van der Waals surface area contributed by atoms with E-state index in [1.165, 1.54) is 6.42 Å². The number of amides is 1. The Bertz CT molecular complexity index is 403. The second kappa shape index (κ2) is 9.43. The number of likely N-dealkylation sites (tertiary alicyclic amines) is 1. The van der Waals surface area contributed by atoms with Gasteiger partial charge in [0.2, 0.25) is 0 Å². The molecule has 0 N–H and O–H groups in total. The zero-order chi connectivity index (χ0) is 15.7. The predicted molar refractivity (Wildman–Crippen MR) is 87.1 cm³/mol. The van der Waals surface area contributed by atoms with Gasteiger partial charge in [0.15, 0.2) is 0 Å². The molecule has 1 aromatic carbocycles. The number of piperidine rings is 1. The number of nitrogens with zero attached hydrogens (tertiary/aromatic N) is 1. The van der Waals surface area contributed by atoms with Crippen LogP contribution in [0.4, 0.5) is 4.79 Å². The number of hydrogen-bond donors (Lipinski definition) is 0. The van der Waals surface area contributed by atoms with Crippen LogP contribution in [0.25, 0.3) is 0 Å². The van der Waals surface area contributed by atoms with E-state index in [2.05, 4.69) is 13.8 Å². The minimum Gasteiger partial charge on any atom is -0.445 e. The second-order valence-electron chi connectivity index (χ2n) is 5.63. The average Bonchev–Trinajstić information content (AvgIpc) is 2.55. The summed E-state index contributed by atoms with van der Waals surface area (Å²) in [5.74, 6) is 1.24. The van der Waals surface area contributed by atoms with Crippen molar-refractivity contribution in [3.8, 4) is 0 Å². The van der Waals surface area contributed by atoms with Gasteiger partial charge in [0.05, 0.1) is 0 Å². The van der Waals surface area contributed by atoms with Crippen molar-refractivity contribution >= 4 is 6.09 Å². The van der Waals surface area contributed by atoms with Crippen molar-refractivity contribution in [2.24, 2.45) is 11.8 Å². The SMILES string of the molecule is CC.CC(C)C1CCCN(C(=O)OCc2ccccc2)C1. The Labute approximate surface area is 129 Å². The molecule has 21 heavy (non-hydrogen) atoms. The lowest BCUT2D eigenvalue weighted by atomic mass is 9.88. The largest absolute Gasteiger partial charge is 0.445 e. The van der Waals surface area contributed by atoms with E-state index < -0.39 is 0 Å². The first kappa shape index (κ1) is 17.5. The Hall–Kier alpha value is -1.51. The van der Waals surface area contributed by atoms with E-state index in [0.717, 1.165) is 25.1 Å². The molecule has 1 aromatic rings.